The van der Waals surface area contributed by atoms with Crippen molar-refractivity contribution >= 4 is 43.0 Å². The highest BCUT2D eigenvalue weighted by Crippen LogP contribution is 2.27. The Morgan fingerprint density at radius 1 is 1.00 bits per heavy atom. The fourth-order valence-corrected chi connectivity index (χ4v) is 5.06. The van der Waals surface area contributed by atoms with Gasteiger partial charge in [-0.2, -0.15) is 8.42 Å². The fourth-order valence-electron chi connectivity index (χ4n) is 2.43. The predicted molar refractivity (Wildman–Crippen MR) is 107 cm³/mol. The minimum Gasteiger partial charge on any atom is -0.339 e. The highest BCUT2D eigenvalue weighted by atomic mass is 35.5. The Morgan fingerprint density at radius 3 is 2.36 bits per heavy atom. The Hall–Kier alpha value is -2.56. The van der Waals surface area contributed by atoms with Gasteiger partial charge in [-0.1, -0.05) is 29.8 Å². The molecule has 0 amide bonds. The van der Waals surface area contributed by atoms with Crippen LogP contribution in [0.3, 0.4) is 0 Å². The average Bonchev–Trinajstić information content (AvgIpc) is 3.06. The number of hydrogen-bond acceptors (Lipinski definition) is 5. The summed E-state index contributed by atoms with van der Waals surface area (Å²) in [5.41, 5.74) is 0.763. The monoisotopic (exact) mass is 440 g/mol. The van der Waals surface area contributed by atoms with E-state index in [4.69, 9.17) is 11.6 Å². The van der Waals surface area contributed by atoms with Crippen LogP contribution in [0.1, 0.15) is 5.56 Å². The number of para-hydroxylation sites is 1. The van der Waals surface area contributed by atoms with Crippen LogP contribution in [0.4, 0.5) is 11.4 Å². The van der Waals surface area contributed by atoms with Gasteiger partial charge in [0.15, 0.2) is 5.03 Å². The number of rotatable bonds is 6. The Balaban J connectivity index is 1.94. The maximum atomic E-state index is 12.8. The van der Waals surface area contributed by atoms with Gasteiger partial charge >= 0.3 is 0 Å². The number of halogens is 1. The summed E-state index contributed by atoms with van der Waals surface area (Å²) in [4.78, 5) is 3.73. The first kappa shape index (κ1) is 20.2. The zero-order valence-electron chi connectivity index (χ0n) is 14.9. The molecule has 3 aromatic rings. The van der Waals surface area contributed by atoms with Crippen molar-refractivity contribution in [2.75, 3.05) is 9.44 Å². The average molecular weight is 441 g/mol. The molecule has 0 saturated heterocycles. The topological polar surface area (TPSA) is 110 Å². The summed E-state index contributed by atoms with van der Waals surface area (Å²) in [5.74, 6) is 0. The molecule has 8 nitrogen and oxygen atoms in total. The summed E-state index contributed by atoms with van der Waals surface area (Å²) in [5, 5.41) is 0.0740. The number of nitrogens with zero attached hydrogens (tertiary/aromatic N) is 2. The van der Waals surface area contributed by atoms with Crippen molar-refractivity contribution in [3.05, 3.63) is 65.6 Å². The Morgan fingerprint density at radius 2 is 1.71 bits per heavy atom. The minimum atomic E-state index is -3.99. The molecule has 0 aliphatic carbocycles. The zero-order valence-corrected chi connectivity index (χ0v) is 17.3. The van der Waals surface area contributed by atoms with Gasteiger partial charge in [0.1, 0.15) is 0 Å². The lowest BCUT2D eigenvalue weighted by Gasteiger charge is -2.13. The number of aromatic nitrogens is 2. The first-order valence-corrected chi connectivity index (χ1v) is 11.3. The van der Waals surface area contributed by atoms with Gasteiger partial charge in [-0.05, 0) is 36.8 Å². The highest BCUT2D eigenvalue weighted by Gasteiger charge is 2.21. The highest BCUT2D eigenvalue weighted by molar-refractivity contribution is 7.93. The largest absolute Gasteiger partial charge is 0.339 e. The molecule has 0 radical (unpaired) electrons. The van der Waals surface area contributed by atoms with Crippen molar-refractivity contribution in [2.24, 2.45) is 7.05 Å². The number of sulfonamides is 2. The van der Waals surface area contributed by atoms with Gasteiger partial charge in [-0.25, -0.2) is 13.4 Å². The van der Waals surface area contributed by atoms with E-state index >= 15 is 0 Å². The third-order valence-electron chi connectivity index (χ3n) is 3.80. The van der Waals surface area contributed by atoms with Crippen molar-refractivity contribution in [1.29, 1.82) is 0 Å². The van der Waals surface area contributed by atoms with Gasteiger partial charge in [0.05, 0.1) is 27.6 Å². The maximum absolute atomic E-state index is 12.8. The molecular weight excluding hydrogens is 424 g/mol. The molecule has 28 heavy (non-hydrogen) atoms. The molecule has 1 heterocycles. The lowest BCUT2D eigenvalue weighted by molar-refractivity contribution is 0.596. The molecule has 3 rings (SSSR count). The van der Waals surface area contributed by atoms with Crippen molar-refractivity contribution in [3.63, 3.8) is 0 Å². The third kappa shape index (κ3) is 4.29. The molecule has 0 fully saturated rings. The second-order valence-electron chi connectivity index (χ2n) is 6.05. The number of hydrogen-bond donors (Lipinski definition) is 2. The van der Waals surface area contributed by atoms with Crippen LogP contribution < -0.4 is 9.44 Å². The molecule has 0 spiro atoms. The van der Waals surface area contributed by atoms with Crippen LogP contribution in [0.2, 0.25) is 5.02 Å². The van der Waals surface area contributed by atoms with Crippen LogP contribution in [0.5, 0.6) is 0 Å². The molecule has 2 aromatic carbocycles. The second-order valence-corrected chi connectivity index (χ2v) is 9.74. The van der Waals surface area contributed by atoms with E-state index in [1.807, 2.05) is 0 Å². The van der Waals surface area contributed by atoms with E-state index in [0.29, 0.717) is 5.56 Å². The molecule has 0 saturated carbocycles. The standard InChI is InChI=1S/C17H17ClN4O4S2/c1-12-7-8-13(20-28(25,26)17-10-22(2)11-19-17)9-16(12)27(23,24)21-15-6-4-3-5-14(15)18/h3-11,20-21H,1-2H3. The van der Waals surface area contributed by atoms with E-state index in [0.717, 1.165) is 0 Å². The molecule has 0 aliphatic rings. The summed E-state index contributed by atoms with van der Waals surface area (Å²) in [6.45, 7) is 1.61. The van der Waals surface area contributed by atoms with Crippen LogP contribution in [0, 0.1) is 6.92 Å². The molecule has 0 bridgehead atoms. The number of anilines is 2. The number of nitrogens with one attached hydrogen (secondary N) is 2. The van der Waals surface area contributed by atoms with Crippen LogP contribution in [0.25, 0.3) is 0 Å². The van der Waals surface area contributed by atoms with E-state index in [-0.39, 0.29) is 26.3 Å². The van der Waals surface area contributed by atoms with Gasteiger partial charge < -0.3 is 4.57 Å². The molecular formula is C17H17ClN4O4S2. The van der Waals surface area contributed by atoms with Crippen molar-refractivity contribution in [2.45, 2.75) is 16.8 Å². The van der Waals surface area contributed by atoms with Crippen LogP contribution in [-0.2, 0) is 27.1 Å². The molecule has 148 valence electrons. The van der Waals surface area contributed by atoms with Gasteiger partial charge in [0.25, 0.3) is 20.0 Å². The molecule has 1 aromatic heterocycles. The number of imidazole rings is 1. The van der Waals surface area contributed by atoms with Gasteiger partial charge in [-0.15, -0.1) is 0 Å². The fraction of sp³-hybridized carbons (Fsp3) is 0.118. The van der Waals surface area contributed by atoms with E-state index in [2.05, 4.69) is 14.4 Å². The Bertz CT molecular complexity index is 1240. The lowest BCUT2D eigenvalue weighted by Crippen LogP contribution is -2.17. The van der Waals surface area contributed by atoms with E-state index < -0.39 is 20.0 Å². The lowest BCUT2D eigenvalue weighted by atomic mass is 10.2. The molecule has 0 unspecified atom stereocenters. The van der Waals surface area contributed by atoms with Gasteiger partial charge in [-0.3, -0.25) is 9.44 Å². The van der Waals surface area contributed by atoms with Crippen LogP contribution >= 0.6 is 11.6 Å². The SMILES string of the molecule is Cc1ccc(NS(=O)(=O)c2cn(C)cn2)cc1S(=O)(=O)Nc1ccccc1Cl. The second kappa shape index (κ2) is 7.46. The van der Waals surface area contributed by atoms with Crippen LogP contribution in [0.15, 0.2) is 64.9 Å². The summed E-state index contributed by atoms with van der Waals surface area (Å²) in [6.07, 6.45) is 2.69. The molecule has 0 aliphatic heterocycles. The van der Waals surface area contributed by atoms with E-state index in [9.17, 15) is 16.8 Å². The summed E-state index contributed by atoms with van der Waals surface area (Å²) < 4.78 is 56.7. The minimum absolute atomic E-state index is 0.0753. The van der Waals surface area contributed by atoms with Crippen molar-refractivity contribution in [1.82, 2.24) is 9.55 Å². The Labute approximate surface area is 168 Å². The Kier molecular flexibility index (Phi) is 5.37. The van der Waals surface area contributed by atoms with Crippen LogP contribution in [-0.4, -0.2) is 26.4 Å². The summed E-state index contributed by atoms with van der Waals surface area (Å²) >= 11 is 6.02. The third-order valence-corrected chi connectivity index (χ3v) is 6.91. The summed E-state index contributed by atoms with van der Waals surface area (Å²) in [6, 6.07) is 10.6. The first-order chi connectivity index (χ1) is 13.1. The van der Waals surface area contributed by atoms with Gasteiger partial charge in [0, 0.05) is 13.2 Å². The smallest absolute Gasteiger partial charge is 0.280 e. The van der Waals surface area contributed by atoms with E-state index in [1.165, 1.54) is 41.4 Å². The van der Waals surface area contributed by atoms with Crippen molar-refractivity contribution in [3.8, 4) is 0 Å². The normalized spacial score (nSPS) is 12.0. The maximum Gasteiger partial charge on any atom is 0.280 e. The first-order valence-electron chi connectivity index (χ1n) is 7.97. The number of benzene rings is 2. The van der Waals surface area contributed by atoms with E-state index in [1.54, 1.807) is 32.2 Å². The predicted octanol–water partition coefficient (Wildman–Crippen LogP) is 2.98. The quantitative estimate of drug-likeness (QED) is 0.612. The zero-order chi connectivity index (χ0) is 20.5. The molecule has 11 heteroatoms. The number of aryl methyl sites for hydroxylation is 2. The molecule has 2 N–H and O–H groups in total. The van der Waals surface area contributed by atoms with Gasteiger partial charge in [0.2, 0.25) is 0 Å². The summed E-state index contributed by atoms with van der Waals surface area (Å²) in [7, 11) is -6.30. The van der Waals surface area contributed by atoms with Crippen molar-refractivity contribution < 1.29 is 16.8 Å². The molecule has 0 atom stereocenters.